The minimum atomic E-state index is -0.322. The Kier molecular flexibility index (Phi) is 5.33. The van der Waals surface area contributed by atoms with E-state index >= 15 is 0 Å². The van der Waals surface area contributed by atoms with Crippen LogP contribution in [0.15, 0.2) is 89.1 Å². The number of nitrogens with one attached hydrogen (secondary N) is 1. The summed E-state index contributed by atoms with van der Waals surface area (Å²) in [6, 6.07) is 22.4. The Morgan fingerprint density at radius 1 is 0.767 bits per heavy atom. The molecule has 0 bridgehead atoms. The number of nitrogens with zero attached hydrogens (tertiary/aromatic N) is 1. The van der Waals surface area contributed by atoms with E-state index in [1.165, 1.54) is 67.3 Å². The molecule has 3 aliphatic rings. The Balaban J connectivity index is 1.74. The van der Waals surface area contributed by atoms with Crippen LogP contribution >= 0.6 is 0 Å². The van der Waals surface area contributed by atoms with Crippen LogP contribution in [0.25, 0.3) is 0 Å². The highest BCUT2D eigenvalue weighted by Gasteiger charge is 2.47. The first-order valence-corrected chi connectivity index (χ1v) is 11.7. The molecule has 0 radical (unpaired) electrons. The highest BCUT2D eigenvalue weighted by atomic mass is 15.0. The molecule has 0 amide bonds. The normalized spacial score (nSPS) is 23.2. The summed E-state index contributed by atoms with van der Waals surface area (Å²) in [6.07, 6.45) is 11.0. The number of benzene rings is 2. The van der Waals surface area contributed by atoms with E-state index in [-0.39, 0.29) is 5.41 Å². The van der Waals surface area contributed by atoms with E-state index in [4.69, 9.17) is 11.6 Å². The molecule has 1 aliphatic heterocycles. The van der Waals surface area contributed by atoms with Crippen LogP contribution in [-0.2, 0) is 5.41 Å². The molecule has 2 aromatic carbocycles. The van der Waals surface area contributed by atoms with Crippen LogP contribution in [0.5, 0.6) is 0 Å². The molecule has 0 saturated heterocycles. The standard InChI is InChI=1S/C28H32N2/c1-21-27(29-24-17-9-4-10-18-24)30-26-20-12-11-19-25(26)28(21,22-13-5-2-6-14-22)23-15-7-3-8-16-23/h2-3,5-8,13-16,24H,1,4,9-12,17-20H2,(H,29,30). The number of hydrogen-bond acceptors (Lipinski definition) is 1. The van der Waals surface area contributed by atoms with Crippen LogP contribution in [0.1, 0.15) is 68.9 Å². The van der Waals surface area contributed by atoms with Crippen LogP contribution in [0.3, 0.4) is 0 Å². The summed E-state index contributed by atoms with van der Waals surface area (Å²) in [4.78, 5) is 5.29. The van der Waals surface area contributed by atoms with Gasteiger partial charge in [0.15, 0.2) is 0 Å². The summed E-state index contributed by atoms with van der Waals surface area (Å²) < 4.78 is 0. The minimum Gasteiger partial charge on any atom is -0.344 e. The smallest absolute Gasteiger partial charge is 0.129 e. The van der Waals surface area contributed by atoms with Crippen molar-refractivity contribution in [2.75, 3.05) is 0 Å². The van der Waals surface area contributed by atoms with E-state index in [2.05, 4.69) is 66.0 Å². The molecular formula is C28H32N2. The molecule has 154 valence electrons. The molecule has 2 aromatic rings. The Bertz CT molecular complexity index is 923. The van der Waals surface area contributed by atoms with E-state index in [1.54, 1.807) is 0 Å². The van der Waals surface area contributed by atoms with Crippen LogP contribution < -0.4 is 5.32 Å². The Morgan fingerprint density at radius 2 is 1.37 bits per heavy atom. The molecule has 1 N–H and O–H groups in total. The molecule has 2 nitrogen and oxygen atoms in total. The van der Waals surface area contributed by atoms with Crippen molar-refractivity contribution in [3.8, 4) is 0 Å². The molecule has 0 spiro atoms. The lowest BCUT2D eigenvalue weighted by atomic mass is 9.60. The SMILES string of the molecule is C=C1C(=NC2CCCCC2)NC2=C(CCCC2)C1(c1ccccc1)c1ccccc1. The summed E-state index contributed by atoms with van der Waals surface area (Å²) in [5, 5.41) is 3.78. The second-order valence-corrected chi connectivity index (χ2v) is 9.02. The van der Waals surface area contributed by atoms with Crippen LogP contribution in [0.4, 0.5) is 0 Å². The molecule has 30 heavy (non-hydrogen) atoms. The molecule has 1 fully saturated rings. The van der Waals surface area contributed by atoms with Gasteiger partial charge in [0.1, 0.15) is 5.84 Å². The van der Waals surface area contributed by atoms with Gasteiger partial charge >= 0.3 is 0 Å². The summed E-state index contributed by atoms with van der Waals surface area (Å²) in [5.74, 6) is 1.02. The van der Waals surface area contributed by atoms with Gasteiger partial charge in [0, 0.05) is 11.3 Å². The van der Waals surface area contributed by atoms with Crippen molar-refractivity contribution in [1.82, 2.24) is 5.32 Å². The maximum Gasteiger partial charge on any atom is 0.129 e. The topological polar surface area (TPSA) is 24.4 Å². The van der Waals surface area contributed by atoms with Crippen molar-refractivity contribution in [1.29, 1.82) is 0 Å². The lowest BCUT2D eigenvalue weighted by Crippen LogP contribution is -2.47. The highest BCUT2D eigenvalue weighted by Crippen LogP contribution is 2.51. The van der Waals surface area contributed by atoms with Gasteiger partial charge in [0.05, 0.1) is 11.5 Å². The maximum absolute atomic E-state index is 5.29. The molecule has 5 rings (SSSR count). The van der Waals surface area contributed by atoms with E-state index in [1.807, 2.05) is 0 Å². The molecule has 2 aliphatic carbocycles. The molecule has 1 saturated carbocycles. The van der Waals surface area contributed by atoms with Gasteiger partial charge in [-0.3, -0.25) is 4.99 Å². The highest BCUT2D eigenvalue weighted by molar-refractivity contribution is 6.05. The molecular weight excluding hydrogens is 364 g/mol. The minimum absolute atomic E-state index is 0.322. The summed E-state index contributed by atoms with van der Waals surface area (Å²) in [5.41, 5.74) is 6.31. The predicted octanol–water partition coefficient (Wildman–Crippen LogP) is 6.69. The summed E-state index contributed by atoms with van der Waals surface area (Å²) in [6.45, 7) is 4.73. The molecule has 2 heteroatoms. The van der Waals surface area contributed by atoms with E-state index < -0.39 is 0 Å². The zero-order valence-corrected chi connectivity index (χ0v) is 17.9. The number of hydrogen-bond donors (Lipinski definition) is 1. The van der Waals surface area contributed by atoms with Crippen molar-refractivity contribution in [2.45, 2.75) is 69.2 Å². The second kappa shape index (κ2) is 8.26. The molecule has 0 aromatic heterocycles. The van der Waals surface area contributed by atoms with Crippen LogP contribution in [0.2, 0.25) is 0 Å². The lowest BCUT2D eigenvalue weighted by molar-refractivity contribution is 0.441. The molecule has 0 atom stereocenters. The van der Waals surface area contributed by atoms with Gasteiger partial charge in [-0.2, -0.15) is 0 Å². The van der Waals surface area contributed by atoms with Crippen molar-refractivity contribution < 1.29 is 0 Å². The maximum atomic E-state index is 5.29. The summed E-state index contributed by atoms with van der Waals surface area (Å²) in [7, 11) is 0. The Labute approximate surface area is 180 Å². The second-order valence-electron chi connectivity index (χ2n) is 9.02. The van der Waals surface area contributed by atoms with E-state index in [0.29, 0.717) is 6.04 Å². The predicted molar refractivity (Wildman–Crippen MR) is 126 cm³/mol. The van der Waals surface area contributed by atoms with Gasteiger partial charge in [-0.15, -0.1) is 0 Å². The largest absolute Gasteiger partial charge is 0.344 e. The van der Waals surface area contributed by atoms with Gasteiger partial charge in [-0.25, -0.2) is 0 Å². The fraction of sp³-hybridized carbons (Fsp3) is 0.393. The third-order valence-corrected chi connectivity index (χ3v) is 7.23. The fourth-order valence-corrected chi connectivity index (χ4v) is 5.78. The van der Waals surface area contributed by atoms with Gasteiger partial charge in [-0.05, 0) is 55.2 Å². The number of aliphatic imine (C=N–C) groups is 1. The van der Waals surface area contributed by atoms with Crippen molar-refractivity contribution >= 4 is 5.84 Å². The van der Waals surface area contributed by atoms with E-state index in [9.17, 15) is 0 Å². The van der Waals surface area contributed by atoms with Crippen molar-refractivity contribution in [2.24, 2.45) is 4.99 Å². The van der Waals surface area contributed by atoms with Gasteiger partial charge in [0.25, 0.3) is 0 Å². The van der Waals surface area contributed by atoms with Crippen LogP contribution in [0, 0.1) is 0 Å². The lowest BCUT2D eigenvalue weighted by Gasteiger charge is -2.46. The summed E-state index contributed by atoms with van der Waals surface area (Å²) >= 11 is 0. The first-order valence-electron chi connectivity index (χ1n) is 11.7. The zero-order valence-electron chi connectivity index (χ0n) is 17.9. The van der Waals surface area contributed by atoms with Crippen LogP contribution in [-0.4, -0.2) is 11.9 Å². The van der Waals surface area contributed by atoms with Crippen molar-refractivity contribution in [3.05, 3.63) is 95.2 Å². The number of rotatable bonds is 3. The molecule has 1 heterocycles. The third kappa shape index (κ3) is 3.23. The zero-order chi connectivity index (χ0) is 20.4. The first-order chi connectivity index (χ1) is 14.8. The number of amidine groups is 1. The monoisotopic (exact) mass is 396 g/mol. The van der Waals surface area contributed by atoms with Gasteiger partial charge in [0.2, 0.25) is 0 Å². The van der Waals surface area contributed by atoms with Gasteiger partial charge < -0.3 is 5.32 Å². The first kappa shape index (κ1) is 19.4. The Hall–Kier alpha value is -2.61. The van der Waals surface area contributed by atoms with Crippen molar-refractivity contribution in [3.63, 3.8) is 0 Å². The average Bonchev–Trinajstić information content (AvgIpc) is 2.82. The molecule has 0 unspecified atom stereocenters. The number of allylic oxidation sites excluding steroid dienone is 2. The van der Waals surface area contributed by atoms with Gasteiger partial charge in [-0.1, -0.05) is 86.5 Å². The third-order valence-electron chi connectivity index (χ3n) is 7.23. The quantitative estimate of drug-likeness (QED) is 0.614. The van der Waals surface area contributed by atoms with E-state index in [0.717, 1.165) is 24.3 Å². The average molecular weight is 397 g/mol. The fourth-order valence-electron chi connectivity index (χ4n) is 5.78. The Morgan fingerprint density at radius 3 is 2.00 bits per heavy atom.